The van der Waals surface area contributed by atoms with Crippen LogP contribution >= 0.6 is 0 Å². The number of rotatable bonds is 2. The molecule has 2 aliphatic rings. The van der Waals surface area contributed by atoms with Gasteiger partial charge in [0.05, 0.1) is 25.4 Å². The lowest BCUT2D eigenvalue weighted by Gasteiger charge is -2.33. The Bertz CT molecular complexity index is 803. The van der Waals surface area contributed by atoms with Gasteiger partial charge < -0.3 is 14.7 Å². The Balaban J connectivity index is 1.57. The van der Waals surface area contributed by atoms with Crippen molar-refractivity contribution >= 4 is 11.6 Å². The van der Waals surface area contributed by atoms with Crippen molar-refractivity contribution < 1.29 is 19.0 Å². The molecule has 0 radical (unpaired) electrons. The predicted molar refractivity (Wildman–Crippen MR) is 88.0 cm³/mol. The number of carbonyl (C=O) groups excluding carboxylic acids is 1. The molecular formula is C17H21FN4O3. The van der Waals surface area contributed by atoms with Crippen LogP contribution in [0.5, 0.6) is 0 Å². The molecule has 0 bridgehead atoms. The van der Waals surface area contributed by atoms with Gasteiger partial charge >= 0.3 is 0 Å². The standard InChI is InChI=1S/C17H21FN4O3/c1-11-3-2-4-22-15(18)14(19-16(11)22)17(24)21-9-12(13(23)10-21)20-5-7-25-8-6-20/h2-4,12-13,23H,5-10H2,1H3/t12-,13-/m0/s1. The number of amides is 1. The van der Waals surface area contributed by atoms with E-state index in [0.717, 1.165) is 18.7 Å². The molecule has 2 aromatic rings. The highest BCUT2D eigenvalue weighted by Gasteiger charge is 2.39. The van der Waals surface area contributed by atoms with Crippen LogP contribution < -0.4 is 0 Å². The Hall–Kier alpha value is -2.03. The number of hydrogen-bond acceptors (Lipinski definition) is 5. The highest BCUT2D eigenvalue weighted by molar-refractivity contribution is 5.93. The Morgan fingerprint density at radius 1 is 1.36 bits per heavy atom. The second kappa shape index (κ2) is 6.36. The minimum absolute atomic E-state index is 0.144. The van der Waals surface area contributed by atoms with Gasteiger partial charge in [-0.2, -0.15) is 4.39 Å². The van der Waals surface area contributed by atoms with Crippen LogP contribution in [0, 0.1) is 12.9 Å². The number of nitrogens with zero attached hydrogens (tertiary/aromatic N) is 4. The quantitative estimate of drug-likeness (QED) is 0.845. The Morgan fingerprint density at radius 2 is 2.12 bits per heavy atom. The van der Waals surface area contributed by atoms with E-state index in [2.05, 4.69) is 9.88 Å². The maximum Gasteiger partial charge on any atom is 0.277 e. The highest BCUT2D eigenvalue weighted by Crippen LogP contribution is 2.22. The molecule has 2 aliphatic heterocycles. The van der Waals surface area contributed by atoms with E-state index in [1.54, 1.807) is 12.3 Å². The lowest BCUT2D eigenvalue weighted by Crippen LogP contribution is -2.49. The largest absolute Gasteiger partial charge is 0.390 e. The van der Waals surface area contributed by atoms with Gasteiger partial charge in [0.2, 0.25) is 5.95 Å². The molecule has 25 heavy (non-hydrogen) atoms. The summed E-state index contributed by atoms with van der Waals surface area (Å²) in [6, 6.07) is 3.40. The van der Waals surface area contributed by atoms with Crippen LogP contribution in [-0.4, -0.2) is 81.7 Å². The number of hydrogen-bond donors (Lipinski definition) is 1. The van der Waals surface area contributed by atoms with E-state index in [1.165, 1.54) is 9.30 Å². The van der Waals surface area contributed by atoms with Crippen molar-refractivity contribution in [3.8, 4) is 0 Å². The molecule has 2 aromatic heterocycles. The third kappa shape index (κ3) is 2.80. The van der Waals surface area contributed by atoms with Gasteiger partial charge in [0.25, 0.3) is 5.91 Å². The maximum atomic E-state index is 14.6. The van der Waals surface area contributed by atoms with Gasteiger partial charge in [-0.3, -0.25) is 14.1 Å². The molecule has 0 spiro atoms. The zero-order chi connectivity index (χ0) is 17.6. The number of β-amino-alcohol motifs (C(OH)–C–C–N with tert-alkyl or cyclic N) is 1. The van der Waals surface area contributed by atoms with Crippen LogP contribution in [0.3, 0.4) is 0 Å². The topological polar surface area (TPSA) is 70.3 Å². The number of aliphatic hydroxyl groups is 1. The van der Waals surface area contributed by atoms with Gasteiger partial charge in [0.1, 0.15) is 5.65 Å². The zero-order valence-corrected chi connectivity index (χ0v) is 14.1. The van der Waals surface area contributed by atoms with Gasteiger partial charge in [0, 0.05) is 32.4 Å². The summed E-state index contributed by atoms with van der Waals surface area (Å²) < 4.78 is 21.2. The van der Waals surface area contributed by atoms with Crippen LogP contribution in [0.2, 0.25) is 0 Å². The lowest BCUT2D eigenvalue weighted by atomic mass is 10.1. The van der Waals surface area contributed by atoms with Crippen molar-refractivity contribution in [1.82, 2.24) is 19.2 Å². The number of halogens is 1. The Morgan fingerprint density at radius 3 is 2.84 bits per heavy atom. The molecule has 1 N–H and O–H groups in total. The third-order valence-corrected chi connectivity index (χ3v) is 5.05. The molecule has 0 aromatic carbocycles. The van der Waals surface area contributed by atoms with Crippen molar-refractivity contribution in [3.05, 3.63) is 35.5 Å². The maximum absolute atomic E-state index is 14.6. The number of ether oxygens (including phenoxy) is 1. The van der Waals surface area contributed by atoms with Gasteiger partial charge in [-0.25, -0.2) is 4.98 Å². The van der Waals surface area contributed by atoms with E-state index in [-0.39, 0.29) is 18.3 Å². The molecule has 0 saturated carbocycles. The summed E-state index contributed by atoms with van der Waals surface area (Å²) in [5.41, 5.74) is 1.05. The third-order valence-electron chi connectivity index (χ3n) is 5.05. The summed E-state index contributed by atoms with van der Waals surface area (Å²) in [5, 5.41) is 10.4. The van der Waals surface area contributed by atoms with Crippen molar-refractivity contribution in [2.75, 3.05) is 39.4 Å². The molecule has 134 valence electrons. The first kappa shape index (κ1) is 16.4. The number of fused-ring (bicyclic) bond motifs is 1. The molecule has 1 amide bonds. The number of aromatic nitrogens is 2. The lowest BCUT2D eigenvalue weighted by molar-refractivity contribution is -0.00611. The number of morpholine rings is 1. The summed E-state index contributed by atoms with van der Waals surface area (Å²) in [4.78, 5) is 20.6. The summed E-state index contributed by atoms with van der Waals surface area (Å²) in [5.74, 6) is -1.14. The van der Waals surface area contributed by atoms with Crippen molar-refractivity contribution in [1.29, 1.82) is 0 Å². The predicted octanol–water partition coefficient (Wildman–Crippen LogP) is 0.299. The fourth-order valence-electron chi connectivity index (χ4n) is 3.66. The molecule has 7 nitrogen and oxygen atoms in total. The van der Waals surface area contributed by atoms with Crippen LogP contribution in [0.25, 0.3) is 5.65 Å². The Labute approximate surface area is 144 Å². The average Bonchev–Trinajstić information content (AvgIpc) is 3.17. The van der Waals surface area contributed by atoms with Crippen molar-refractivity contribution in [2.45, 2.75) is 19.1 Å². The second-order valence-corrected chi connectivity index (χ2v) is 6.63. The molecule has 2 atom stereocenters. The van der Waals surface area contributed by atoms with Gasteiger partial charge in [0.15, 0.2) is 5.69 Å². The Kier molecular flexibility index (Phi) is 4.18. The van der Waals surface area contributed by atoms with Crippen LogP contribution in [0.1, 0.15) is 16.1 Å². The van der Waals surface area contributed by atoms with Crippen LogP contribution in [0.4, 0.5) is 4.39 Å². The zero-order valence-electron chi connectivity index (χ0n) is 14.1. The van der Waals surface area contributed by atoms with E-state index >= 15 is 0 Å². The van der Waals surface area contributed by atoms with E-state index in [0.29, 0.717) is 25.4 Å². The number of pyridine rings is 1. The fraction of sp³-hybridized carbons (Fsp3) is 0.529. The summed E-state index contributed by atoms with van der Waals surface area (Å²) in [6.45, 7) is 5.08. The number of imidazole rings is 1. The summed E-state index contributed by atoms with van der Waals surface area (Å²) in [7, 11) is 0. The van der Waals surface area contributed by atoms with Gasteiger partial charge in [-0.1, -0.05) is 6.07 Å². The monoisotopic (exact) mass is 348 g/mol. The van der Waals surface area contributed by atoms with Crippen molar-refractivity contribution in [3.63, 3.8) is 0 Å². The number of aliphatic hydroxyl groups excluding tert-OH is 1. The molecular weight excluding hydrogens is 327 g/mol. The minimum atomic E-state index is -0.659. The van der Waals surface area contributed by atoms with E-state index < -0.39 is 18.0 Å². The second-order valence-electron chi connectivity index (χ2n) is 6.63. The molecule has 4 heterocycles. The van der Waals surface area contributed by atoms with Gasteiger partial charge in [-0.05, 0) is 18.6 Å². The van der Waals surface area contributed by atoms with E-state index in [1.807, 2.05) is 13.0 Å². The molecule has 0 unspecified atom stereocenters. The number of carbonyl (C=O) groups is 1. The first-order chi connectivity index (χ1) is 12.1. The number of likely N-dealkylation sites (tertiary alicyclic amines) is 1. The first-order valence-corrected chi connectivity index (χ1v) is 8.48. The highest BCUT2D eigenvalue weighted by atomic mass is 19.1. The van der Waals surface area contributed by atoms with E-state index in [4.69, 9.17) is 4.74 Å². The molecule has 8 heteroatoms. The average molecular weight is 348 g/mol. The minimum Gasteiger partial charge on any atom is -0.390 e. The molecule has 2 fully saturated rings. The molecule has 4 rings (SSSR count). The van der Waals surface area contributed by atoms with Crippen molar-refractivity contribution in [2.24, 2.45) is 0 Å². The SMILES string of the molecule is Cc1cccn2c(F)c(C(=O)N3C[C@H](O)[C@@H](N4CCOCC4)C3)nc12. The normalized spacial score (nSPS) is 25.0. The smallest absolute Gasteiger partial charge is 0.277 e. The van der Waals surface area contributed by atoms with Crippen LogP contribution in [0.15, 0.2) is 18.3 Å². The fourth-order valence-corrected chi connectivity index (χ4v) is 3.66. The number of aryl methyl sites for hydroxylation is 1. The van der Waals surface area contributed by atoms with Gasteiger partial charge in [-0.15, -0.1) is 0 Å². The van der Waals surface area contributed by atoms with E-state index in [9.17, 15) is 14.3 Å². The first-order valence-electron chi connectivity index (χ1n) is 8.48. The summed E-state index contributed by atoms with van der Waals surface area (Å²) >= 11 is 0. The molecule has 0 aliphatic carbocycles. The van der Waals surface area contributed by atoms with Crippen LogP contribution in [-0.2, 0) is 4.74 Å². The molecule has 2 saturated heterocycles. The summed E-state index contributed by atoms with van der Waals surface area (Å²) in [6.07, 6.45) is 0.903.